The molecule has 0 spiro atoms. The summed E-state index contributed by atoms with van der Waals surface area (Å²) in [5, 5.41) is 2.90. The van der Waals surface area contributed by atoms with Gasteiger partial charge in [0.05, 0.1) is 6.04 Å². The summed E-state index contributed by atoms with van der Waals surface area (Å²) in [6.07, 6.45) is 0. The van der Waals surface area contributed by atoms with Gasteiger partial charge in [-0.25, -0.2) is 0 Å². The van der Waals surface area contributed by atoms with Crippen molar-refractivity contribution in [1.29, 1.82) is 0 Å². The van der Waals surface area contributed by atoms with Crippen molar-refractivity contribution in [2.45, 2.75) is 13.0 Å². The third kappa shape index (κ3) is 3.96. The molecule has 1 atom stereocenters. The van der Waals surface area contributed by atoms with Crippen molar-refractivity contribution in [1.82, 2.24) is 5.32 Å². The molecule has 1 unspecified atom stereocenters. The van der Waals surface area contributed by atoms with E-state index < -0.39 is 0 Å². The summed E-state index contributed by atoms with van der Waals surface area (Å²) in [6, 6.07) is 13.0. The Morgan fingerprint density at radius 2 is 1.96 bits per heavy atom. The number of halogens is 1. The quantitative estimate of drug-likeness (QED) is 0.866. The average molecular weight is 378 g/mol. The molecule has 1 amide bonds. The SMILES string of the molecule is CC(NC(=O)COc1ccc2c(c1)OCO2)c1ccc(Br)cc1. The zero-order valence-corrected chi connectivity index (χ0v) is 14.1. The minimum atomic E-state index is -0.182. The molecule has 0 aliphatic carbocycles. The summed E-state index contributed by atoms with van der Waals surface area (Å²) in [5.41, 5.74) is 1.03. The van der Waals surface area contributed by atoms with Crippen LogP contribution in [0.1, 0.15) is 18.5 Å². The van der Waals surface area contributed by atoms with Gasteiger partial charge in [0.25, 0.3) is 5.91 Å². The molecule has 0 fully saturated rings. The highest BCUT2D eigenvalue weighted by atomic mass is 79.9. The van der Waals surface area contributed by atoms with Gasteiger partial charge >= 0.3 is 0 Å². The zero-order valence-electron chi connectivity index (χ0n) is 12.5. The minimum Gasteiger partial charge on any atom is -0.484 e. The van der Waals surface area contributed by atoms with Gasteiger partial charge in [-0.2, -0.15) is 0 Å². The number of benzene rings is 2. The van der Waals surface area contributed by atoms with E-state index in [0.29, 0.717) is 17.2 Å². The van der Waals surface area contributed by atoms with E-state index in [1.807, 2.05) is 31.2 Å². The van der Waals surface area contributed by atoms with E-state index in [2.05, 4.69) is 21.2 Å². The largest absolute Gasteiger partial charge is 0.484 e. The molecule has 0 saturated heterocycles. The second-order valence-corrected chi connectivity index (χ2v) is 6.06. The zero-order chi connectivity index (χ0) is 16.2. The summed E-state index contributed by atoms with van der Waals surface area (Å²) in [6.45, 7) is 2.09. The third-order valence-corrected chi connectivity index (χ3v) is 3.99. The number of rotatable bonds is 5. The number of hydrogen-bond donors (Lipinski definition) is 1. The van der Waals surface area contributed by atoms with Crippen LogP contribution in [0.3, 0.4) is 0 Å². The topological polar surface area (TPSA) is 56.8 Å². The first-order chi connectivity index (χ1) is 11.1. The van der Waals surface area contributed by atoms with Crippen LogP contribution in [0, 0.1) is 0 Å². The van der Waals surface area contributed by atoms with Crippen LogP contribution in [0.5, 0.6) is 17.2 Å². The van der Waals surface area contributed by atoms with Crippen LogP contribution < -0.4 is 19.5 Å². The van der Waals surface area contributed by atoms with Crippen molar-refractivity contribution in [3.05, 3.63) is 52.5 Å². The molecular weight excluding hydrogens is 362 g/mol. The van der Waals surface area contributed by atoms with Crippen molar-refractivity contribution in [2.75, 3.05) is 13.4 Å². The molecule has 0 bridgehead atoms. The van der Waals surface area contributed by atoms with Crippen LogP contribution in [0.25, 0.3) is 0 Å². The fraction of sp³-hybridized carbons (Fsp3) is 0.235. The van der Waals surface area contributed by atoms with Crippen LogP contribution in [-0.2, 0) is 4.79 Å². The molecule has 120 valence electrons. The Bertz CT molecular complexity index is 702. The summed E-state index contributed by atoms with van der Waals surface area (Å²) in [4.78, 5) is 12.0. The number of fused-ring (bicyclic) bond motifs is 1. The molecule has 0 aromatic heterocycles. The van der Waals surface area contributed by atoms with Crippen molar-refractivity contribution in [3.8, 4) is 17.2 Å². The van der Waals surface area contributed by atoms with Crippen LogP contribution in [-0.4, -0.2) is 19.3 Å². The van der Waals surface area contributed by atoms with E-state index in [0.717, 1.165) is 10.0 Å². The first-order valence-electron chi connectivity index (χ1n) is 7.19. The Balaban J connectivity index is 1.52. The number of hydrogen-bond acceptors (Lipinski definition) is 4. The lowest BCUT2D eigenvalue weighted by Gasteiger charge is -2.15. The van der Waals surface area contributed by atoms with Crippen LogP contribution >= 0.6 is 15.9 Å². The normalized spacial score (nSPS) is 13.5. The highest BCUT2D eigenvalue weighted by Gasteiger charge is 2.15. The van der Waals surface area contributed by atoms with Crippen LogP contribution in [0.2, 0.25) is 0 Å². The van der Waals surface area contributed by atoms with Gasteiger partial charge in [0.1, 0.15) is 5.75 Å². The predicted octanol–water partition coefficient (Wildman–Crippen LogP) is 3.43. The van der Waals surface area contributed by atoms with Gasteiger partial charge in [0, 0.05) is 10.5 Å². The van der Waals surface area contributed by atoms with Crippen molar-refractivity contribution < 1.29 is 19.0 Å². The highest BCUT2D eigenvalue weighted by molar-refractivity contribution is 9.10. The van der Waals surface area contributed by atoms with Gasteiger partial charge in [0.2, 0.25) is 6.79 Å². The maximum absolute atomic E-state index is 12.0. The molecule has 23 heavy (non-hydrogen) atoms. The van der Waals surface area contributed by atoms with Gasteiger partial charge < -0.3 is 19.5 Å². The van der Waals surface area contributed by atoms with E-state index in [1.54, 1.807) is 18.2 Å². The van der Waals surface area contributed by atoms with E-state index in [1.165, 1.54) is 0 Å². The standard InChI is InChI=1S/C17H16BrNO4/c1-11(12-2-4-13(18)5-3-12)19-17(20)9-21-14-6-7-15-16(8-14)23-10-22-15/h2-8,11H,9-10H2,1H3,(H,19,20). The number of amides is 1. The molecule has 6 heteroatoms. The third-order valence-electron chi connectivity index (χ3n) is 3.46. The maximum atomic E-state index is 12.0. The predicted molar refractivity (Wildman–Crippen MR) is 88.8 cm³/mol. The summed E-state index contributed by atoms with van der Waals surface area (Å²) in [7, 11) is 0. The Morgan fingerprint density at radius 3 is 2.74 bits per heavy atom. The summed E-state index contributed by atoms with van der Waals surface area (Å²) < 4.78 is 17.0. The van der Waals surface area contributed by atoms with Crippen LogP contribution in [0.15, 0.2) is 46.9 Å². The number of carbonyl (C=O) groups excluding carboxylic acids is 1. The van der Waals surface area contributed by atoms with E-state index in [9.17, 15) is 4.79 Å². The Kier molecular flexibility index (Phi) is 4.71. The van der Waals surface area contributed by atoms with Gasteiger partial charge in [-0.1, -0.05) is 28.1 Å². The Labute approximate surface area is 142 Å². The minimum absolute atomic E-state index is 0.0550. The highest BCUT2D eigenvalue weighted by Crippen LogP contribution is 2.35. The monoisotopic (exact) mass is 377 g/mol. The molecule has 3 rings (SSSR count). The number of carbonyl (C=O) groups is 1. The van der Waals surface area contributed by atoms with Gasteiger partial charge in [-0.15, -0.1) is 0 Å². The van der Waals surface area contributed by atoms with Gasteiger partial charge in [-0.3, -0.25) is 4.79 Å². The molecule has 1 aliphatic rings. The lowest BCUT2D eigenvalue weighted by molar-refractivity contribution is -0.123. The molecule has 2 aromatic carbocycles. The average Bonchev–Trinajstić information content (AvgIpc) is 3.01. The van der Waals surface area contributed by atoms with E-state index in [4.69, 9.17) is 14.2 Å². The molecule has 2 aromatic rings. The molecule has 1 heterocycles. The first-order valence-corrected chi connectivity index (χ1v) is 7.98. The van der Waals surface area contributed by atoms with Crippen LogP contribution in [0.4, 0.5) is 0 Å². The maximum Gasteiger partial charge on any atom is 0.258 e. The van der Waals surface area contributed by atoms with Crippen molar-refractivity contribution in [2.24, 2.45) is 0 Å². The first kappa shape index (κ1) is 15.7. The fourth-order valence-corrected chi connectivity index (χ4v) is 2.50. The summed E-state index contributed by atoms with van der Waals surface area (Å²) in [5.74, 6) is 1.70. The van der Waals surface area contributed by atoms with Crippen molar-refractivity contribution in [3.63, 3.8) is 0 Å². The molecule has 1 aliphatic heterocycles. The lowest BCUT2D eigenvalue weighted by atomic mass is 10.1. The van der Waals surface area contributed by atoms with E-state index >= 15 is 0 Å². The Hall–Kier alpha value is -2.21. The van der Waals surface area contributed by atoms with Gasteiger partial charge in [0.15, 0.2) is 18.1 Å². The molecular formula is C17H16BrNO4. The number of ether oxygens (including phenoxy) is 3. The molecule has 5 nitrogen and oxygen atoms in total. The molecule has 0 radical (unpaired) electrons. The van der Waals surface area contributed by atoms with Crippen molar-refractivity contribution >= 4 is 21.8 Å². The second-order valence-electron chi connectivity index (χ2n) is 5.14. The Morgan fingerprint density at radius 1 is 1.22 bits per heavy atom. The second kappa shape index (κ2) is 6.91. The van der Waals surface area contributed by atoms with Gasteiger partial charge in [-0.05, 0) is 36.8 Å². The molecule has 0 saturated carbocycles. The summed E-state index contributed by atoms with van der Waals surface area (Å²) >= 11 is 3.39. The van der Waals surface area contributed by atoms with E-state index in [-0.39, 0.29) is 25.3 Å². The number of nitrogens with one attached hydrogen (secondary N) is 1. The lowest BCUT2D eigenvalue weighted by Crippen LogP contribution is -2.31. The smallest absolute Gasteiger partial charge is 0.258 e. The fourth-order valence-electron chi connectivity index (χ4n) is 2.23. The molecule has 1 N–H and O–H groups in total.